The first kappa shape index (κ1) is 11.2. The highest BCUT2D eigenvalue weighted by Crippen LogP contribution is 2.37. The lowest BCUT2D eigenvalue weighted by atomic mass is 9.76. The third-order valence-electron chi connectivity index (χ3n) is 3.31. The number of dihydropyridines is 1. The molecule has 86 valence electrons. The molecule has 3 nitrogen and oxygen atoms in total. The van der Waals surface area contributed by atoms with Crippen LogP contribution in [0.15, 0.2) is 48.7 Å². The van der Waals surface area contributed by atoms with E-state index < -0.39 is 11.3 Å². The molecule has 3 atom stereocenters. The molecule has 3 unspecified atom stereocenters. The predicted octanol–water partition coefficient (Wildman–Crippen LogP) is 1.50. The summed E-state index contributed by atoms with van der Waals surface area (Å²) in [6.45, 7) is 1.97. The minimum absolute atomic E-state index is 0.0268. The molecule has 2 rings (SSSR count). The van der Waals surface area contributed by atoms with Gasteiger partial charge in [0, 0.05) is 13.0 Å². The summed E-state index contributed by atoms with van der Waals surface area (Å²) in [5, 5.41) is 13.9. The van der Waals surface area contributed by atoms with E-state index in [1.165, 1.54) is 0 Å². The number of methoxy groups -OCH3 is 1. The average Bonchev–Trinajstić information content (AvgIpc) is 2.34. The van der Waals surface area contributed by atoms with Crippen molar-refractivity contribution in [2.45, 2.75) is 18.2 Å². The summed E-state index contributed by atoms with van der Waals surface area (Å²) in [7, 11) is 1.59. The maximum Gasteiger partial charge on any atom is 0.190 e. The summed E-state index contributed by atoms with van der Waals surface area (Å²) < 4.78 is 5.51. The van der Waals surface area contributed by atoms with Crippen molar-refractivity contribution in [1.29, 1.82) is 0 Å². The minimum Gasteiger partial charge on any atom is -0.380 e. The third kappa shape index (κ3) is 1.44. The monoisotopic (exact) mass is 219 g/mol. The molecule has 3 heteroatoms. The van der Waals surface area contributed by atoms with Gasteiger partial charge in [-0.3, -0.25) is 0 Å². The summed E-state index contributed by atoms with van der Waals surface area (Å²) in [5.74, 6) is -0.0268. The van der Waals surface area contributed by atoms with E-state index in [4.69, 9.17) is 4.74 Å². The summed E-state index contributed by atoms with van der Waals surface area (Å²) >= 11 is 0. The first-order chi connectivity index (χ1) is 7.65. The van der Waals surface area contributed by atoms with Crippen molar-refractivity contribution in [3.8, 4) is 0 Å². The molecule has 0 saturated heterocycles. The lowest BCUT2D eigenvalue weighted by Crippen LogP contribution is -2.64. The van der Waals surface area contributed by atoms with Gasteiger partial charge in [-0.05, 0) is 24.4 Å². The van der Waals surface area contributed by atoms with Crippen LogP contribution in [0.2, 0.25) is 0 Å². The molecule has 0 spiro atoms. The zero-order chi connectivity index (χ0) is 11.6. The van der Waals surface area contributed by atoms with Crippen LogP contribution in [0, 0.1) is 5.92 Å². The molecule has 0 bridgehead atoms. The second-order valence-corrected chi connectivity index (χ2v) is 4.16. The number of hydrogen-bond acceptors (Lipinski definition) is 3. The zero-order valence-corrected chi connectivity index (χ0v) is 9.55. The van der Waals surface area contributed by atoms with Gasteiger partial charge in [-0.1, -0.05) is 31.2 Å². The molecule has 1 aliphatic heterocycles. The van der Waals surface area contributed by atoms with Crippen molar-refractivity contribution in [3.63, 3.8) is 0 Å². The van der Waals surface area contributed by atoms with Gasteiger partial charge in [0.05, 0.1) is 0 Å². The maximum absolute atomic E-state index is 10.8. The van der Waals surface area contributed by atoms with Crippen LogP contribution in [0.3, 0.4) is 0 Å². The average molecular weight is 219 g/mol. The van der Waals surface area contributed by atoms with Gasteiger partial charge in [0.25, 0.3) is 0 Å². The molecule has 0 aromatic carbocycles. The Kier molecular flexibility index (Phi) is 2.74. The molecule has 0 fully saturated rings. The van der Waals surface area contributed by atoms with Gasteiger partial charge >= 0.3 is 0 Å². The second kappa shape index (κ2) is 3.92. The SMILES string of the molecule is COC1(C2(O)C=CC=CC2C)C=CC=CN1. The van der Waals surface area contributed by atoms with Gasteiger partial charge in [-0.25, -0.2) is 0 Å². The number of ether oxygens (including phenoxy) is 1. The van der Waals surface area contributed by atoms with Gasteiger partial charge < -0.3 is 15.2 Å². The molecule has 0 radical (unpaired) electrons. The molecule has 1 heterocycles. The molecular weight excluding hydrogens is 202 g/mol. The molecule has 2 N–H and O–H groups in total. The summed E-state index contributed by atoms with van der Waals surface area (Å²) in [5.41, 5.74) is -1.99. The number of hydrogen-bond donors (Lipinski definition) is 2. The molecule has 0 aromatic heterocycles. The van der Waals surface area contributed by atoms with E-state index in [2.05, 4.69) is 5.32 Å². The molecular formula is C13H17NO2. The van der Waals surface area contributed by atoms with Gasteiger partial charge in [-0.2, -0.15) is 0 Å². The van der Waals surface area contributed by atoms with Crippen molar-refractivity contribution in [1.82, 2.24) is 5.32 Å². The van der Waals surface area contributed by atoms with Crippen LogP contribution in [0.5, 0.6) is 0 Å². The Hall–Kier alpha value is -1.32. The van der Waals surface area contributed by atoms with Crippen LogP contribution in [0.1, 0.15) is 6.92 Å². The van der Waals surface area contributed by atoms with E-state index in [0.717, 1.165) is 0 Å². The van der Waals surface area contributed by atoms with E-state index in [9.17, 15) is 5.11 Å². The summed E-state index contributed by atoms with van der Waals surface area (Å²) in [6.07, 6.45) is 14.9. The quantitative estimate of drug-likeness (QED) is 0.739. The van der Waals surface area contributed by atoms with Crippen molar-refractivity contribution >= 4 is 0 Å². The van der Waals surface area contributed by atoms with Crippen molar-refractivity contribution in [3.05, 3.63) is 48.7 Å². The van der Waals surface area contributed by atoms with Crippen LogP contribution in [-0.4, -0.2) is 23.5 Å². The predicted molar refractivity (Wildman–Crippen MR) is 63.5 cm³/mol. The Balaban J connectivity index is 2.41. The van der Waals surface area contributed by atoms with Crippen LogP contribution < -0.4 is 5.32 Å². The largest absolute Gasteiger partial charge is 0.380 e. The fraction of sp³-hybridized carbons (Fsp3) is 0.385. The minimum atomic E-state index is -1.09. The molecule has 0 aromatic rings. The summed E-state index contributed by atoms with van der Waals surface area (Å²) in [6, 6.07) is 0. The number of allylic oxidation sites excluding steroid dienone is 4. The van der Waals surface area contributed by atoms with Gasteiger partial charge in [0.1, 0.15) is 5.60 Å². The second-order valence-electron chi connectivity index (χ2n) is 4.16. The normalized spacial score (nSPS) is 41.1. The van der Waals surface area contributed by atoms with Gasteiger partial charge in [0.15, 0.2) is 5.72 Å². The lowest BCUT2D eigenvalue weighted by molar-refractivity contribution is -0.144. The van der Waals surface area contributed by atoms with Crippen molar-refractivity contribution in [2.24, 2.45) is 5.92 Å². The van der Waals surface area contributed by atoms with Crippen LogP contribution >= 0.6 is 0 Å². The van der Waals surface area contributed by atoms with E-state index in [1.807, 2.05) is 43.4 Å². The van der Waals surface area contributed by atoms with Crippen LogP contribution in [-0.2, 0) is 4.74 Å². The van der Waals surface area contributed by atoms with E-state index in [1.54, 1.807) is 19.4 Å². The summed E-state index contributed by atoms with van der Waals surface area (Å²) in [4.78, 5) is 0. The van der Waals surface area contributed by atoms with E-state index >= 15 is 0 Å². The highest BCUT2D eigenvalue weighted by atomic mass is 16.5. The lowest BCUT2D eigenvalue weighted by Gasteiger charge is -2.47. The van der Waals surface area contributed by atoms with Crippen molar-refractivity contribution in [2.75, 3.05) is 7.11 Å². The number of rotatable bonds is 2. The fourth-order valence-electron chi connectivity index (χ4n) is 2.20. The standard InChI is InChI=1S/C13H17NO2/c1-11-7-3-4-8-12(11,15)13(16-2)9-5-6-10-14-13/h3-11,14-15H,1-2H3. The zero-order valence-electron chi connectivity index (χ0n) is 9.55. The first-order valence-electron chi connectivity index (χ1n) is 5.40. The molecule has 0 amide bonds. The third-order valence-corrected chi connectivity index (χ3v) is 3.31. The molecule has 1 aliphatic carbocycles. The van der Waals surface area contributed by atoms with Crippen LogP contribution in [0.25, 0.3) is 0 Å². The molecule has 2 aliphatic rings. The Morgan fingerprint density at radius 2 is 1.94 bits per heavy atom. The maximum atomic E-state index is 10.8. The topological polar surface area (TPSA) is 41.5 Å². The number of aliphatic hydroxyl groups is 1. The van der Waals surface area contributed by atoms with Gasteiger partial charge in [-0.15, -0.1) is 0 Å². The number of nitrogens with one attached hydrogen (secondary N) is 1. The highest BCUT2D eigenvalue weighted by molar-refractivity contribution is 5.32. The highest BCUT2D eigenvalue weighted by Gasteiger charge is 2.51. The van der Waals surface area contributed by atoms with Crippen LogP contribution in [0.4, 0.5) is 0 Å². The first-order valence-corrected chi connectivity index (χ1v) is 5.40. The van der Waals surface area contributed by atoms with E-state index in [0.29, 0.717) is 0 Å². The Morgan fingerprint density at radius 1 is 1.19 bits per heavy atom. The molecule has 0 saturated carbocycles. The Bertz CT molecular complexity index is 375. The fourth-order valence-corrected chi connectivity index (χ4v) is 2.20. The Labute approximate surface area is 95.8 Å². The van der Waals surface area contributed by atoms with Crippen molar-refractivity contribution < 1.29 is 9.84 Å². The molecule has 16 heavy (non-hydrogen) atoms. The van der Waals surface area contributed by atoms with Gasteiger partial charge in [0.2, 0.25) is 0 Å². The van der Waals surface area contributed by atoms with E-state index in [-0.39, 0.29) is 5.92 Å². The Morgan fingerprint density at radius 3 is 2.50 bits per heavy atom. The smallest absolute Gasteiger partial charge is 0.190 e.